The average Bonchev–Trinajstić information content (AvgIpc) is 3.05. The maximum absolute atomic E-state index is 12.2. The largest absolute Gasteiger partial charge is 0.361 e. The topological polar surface area (TPSA) is 89.6 Å². The molecule has 2 aromatic rings. The Labute approximate surface area is 185 Å². The quantitative estimate of drug-likeness (QED) is 0.269. The van der Waals surface area contributed by atoms with Crippen LogP contribution in [0, 0.1) is 6.92 Å². The first-order valence-corrected chi connectivity index (χ1v) is 11.0. The summed E-state index contributed by atoms with van der Waals surface area (Å²) in [7, 11) is -1.54. The molecule has 0 aliphatic rings. The van der Waals surface area contributed by atoms with Crippen LogP contribution in [0.5, 0.6) is 0 Å². The minimum Gasteiger partial charge on any atom is -0.361 e. The lowest BCUT2D eigenvalue weighted by molar-refractivity contribution is 0.445. The molecule has 0 radical (unpaired) electrons. The smallest absolute Gasteiger partial charge is 0.215 e. The molecule has 158 valence electrons. The number of halogens is 1. The van der Waals surface area contributed by atoms with E-state index in [-0.39, 0.29) is 29.7 Å². The van der Waals surface area contributed by atoms with Crippen molar-refractivity contribution in [1.82, 2.24) is 19.9 Å². The van der Waals surface area contributed by atoms with Gasteiger partial charge < -0.3 is 15.6 Å². The molecular formula is C19H32IN5O2S. The number of rotatable bonds is 9. The minimum absolute atomic E-state index is 0. The van der Waals surface area contributed by atoms with Gasteiger partial charge in [0.05, 0.1) is 5.75 Å². The summed E-state index contributed by atoms with van der Waals surface area (Å²) >= 11 is 0. The molecule has 3 N–H and O–H groups in total. The number of aliphatic imine (C=N–C) groups is 1. The molecule has 0 aliphatic carbocycles. The van der Waals surface area contributed by atoms with Gasteiger partial charge >= 0.3 is 0 Å². The van der Waals surface area contributed by atoms with Crippen molar-refractivity contribution < 1.29 is 8.42 Å². The lowest BCUT2D eigenvalue weighted by atomic mass is 10.1. The summed E-state index contributed by atoms with van der Waals surface area (Å²) in [4.78, 5) is 7.48. The molecule has 0 aliphatic heterocycles. The third-order valence-corrected chi connectivity index (χ3v) is 6.68. The Kier molecular flexibility index (Phi) is 10.3. The summed E-state index contributed by atoms with van der Waals surface area (Å²) in [5.41, 5.74) is 3.66. The third-order valence-electron chi connectivity index (χ3n) is 4.66. The number of aromatic nitrogens is 1. The Morgan fingerprint density at radius 2 is 1.86 bits per heavy atom. The van der Waals surface area contributed by atoms with Crippen LogP contribution < -0.4 is 10.6 Å². The van der Waals surface area contributed by atoms with Crippen LogP contribution in [0.15, 0.2) is 29.4 Å². The highest BCUT2D eigenvalue weighted by molar-refractivity contribution is 14.0. The van der Waals surface area contributed by atoms with E-state index in [4.69, 9.17) is 0 Å². The molecule has 1 aromatic carbocycles. The lowest BCUT2D eigenvalue weighted by Gasteiger charge is -2.19. The van der Waals surface area contributed by atoms with E-state index in [0.29, 0.717) is 32.1 Å². The van der Waals surface area contributed by atoms with Crippen molar-refractivity contribution in [2.75, 3.05) is 39.0 Å². The van der Waals surface area contributed by atoms with Crippen molar-refractivity contribution in [3.8, 4) is 0 Å². The number of hydrogen-bond acceptors (Lipinski definition) is 3. The number of aryl methyl sites for hydroxylation is 1. The predicted molar refractivity (Wildman–Crippen MR) is 128 cm³/mol. The Morgan fingerprint density at radius 3 is 2.50 bits per heavy atom. The van der Waals surface area contributed by atoms with Crippen molar-refractivity contribution in [1.29, 1.82) is 0 Å². The second-order valence-electron chi connectivity index (χ2n) is 6.39. The van der Waals surface area contributed by atoms with Crippen LogP contribution in [0.25, 0.3) is 10.9 Å². The molecule has 9 heteroatoms. The highest BCUT2D eigenvalue weighted by Gasteiger charge is 2.18. The molecule has 1 heterocycles. The molecular weight excluding hydrogens is 489 g/mol. The number of benzene rings is 1. The third kappa shape index (κ3) is 6.35. The summed E-state index contributed by atoms with van der Waals surface area (Å²) in [5, 5.41) is 7.61. The van der Waals surface area contributed by atoms with Gasteiger partial charge in [0, 0.05) is 50.3 Å². The Morgan fingerprint density at radius 1 is 1.18 bits per heavy atom. The van der Waals surface area contributed by atoms with E-state index in [1.807, 2.05) is 26.1 Å². The monoisotopic (exact) mass is 521 g/mol. The standard InChI is InChI=1S/C19H31N5O2S.HI/c1-5-24(6-2)27(25,26)13-12-22-19(20-4)21-11-10-16-14-23-17-9-7-8-15(3)18(16)17;/h7-9,14,23H,5-6,10-13H2,1-4H3,(H2,20,21,22);1H. The van der Waals surface area contributed by atoms with Crippen molar-refractivity contribution in [3.63, 3.8) is 0 Å². The van der Waals surface area contributed by atoms with E-state index in [1.54, 1.807) is 7.05 Å². The number of guanidine groups is 1. The van der Waals surface area contributed by atoms with Gasteiger partial charge in [-0.05, 0) is 30.5 Å². The van der Waals surface area contributed by atoms with Gasteiger partial charge in [-0.3, -0.25) is 4.99 Å². The number of fused-ring (bicyclic) bond motifs is 1. The first-order valence-electron chi connectivity index (χ1n) is 9.40. The van der Waals surface area contributed by atoms with E-state index in [0.717, 1.165) is 11.9 Å². The van der Waals surface area contributed by atoms with Crippen molar-refractivity contribution in [2.45, 2.75) is 27.2 Å². The maximum atomic E-state index is 12.2. The normalized spacial score (nSPS) is 12.2. The minimum atomic E-state index is -3.23. The predicted octanol–water partition coefficient (Wildman–Crippen LogP) is 2.47. The number of H-pyrrole nitrogens is 1. The van der Waals surface area contributed by atoms with Crippen molar-refractivity contribution in [2.24, 2.45) is 4.99 Å². The number of aromatic amines is 1. The maximum Gasteiger partial charge on any atom is 0.215 e. The first kappa shape index (κ1) is 24.7. The Balaban J connectivity index is 0.00000392. The van der Waals surface area contributed by atoms with Crippen LogP contribution in [-0.2, 0) is 16.4 Å². The van der Waals surface area contributed by atoms with E-state index < -0.39 is 10.0 Å². The van der Waals surface area contributed by atoms with Gasteiger partial charge in [-0.2, -0.15) is 0 Å². The summed E-state index contributed by atoms with van der Waals surface area (Å²) < 4.78 is 25.9. The van der Waals surface area contributed by atoms with Crippen molar-refractivity contribution >= 4 is 50.9 Å². The zero-order chi connectivity index (χ0) is 19.9. The highest BCUT2D eigenvalue weighted by Crippen LogP contribution is 2.22. The molecule has 0 amide bonds. The van der Waals surface area contributed by atoms with E-state index in [1.165, 1.54) is 20.8 Å². The fraction of sp³-hybridized carbons (Fsp3) is 0.526. The Hall–Kier alpha value is -1.33. The lowest BCUT2D eigenvalue weighted by Crippen LogP contribution is -2.42. The second-order valence-corrected chi connectivity index (χ2v) is 8.48. The van der Waals surface area contributed by atoms with Gasteiger partial charge in [-0.15, -0.1) is 24.0 Å². The van der Waals surface area contributed by atoms with Gasteiger partial charge in [0.25, 0.3) is 0 Å². The molecule has 0 saturated heterocycles. The zero-order valence-electron chi connectivity index (χ0n) is 17.1. The van der Waals surface area contributed by atoms with Crippen LogP contribution in [0.4, 0.5) is 0 Å². The summed E-state index contributed by atoms with van der Waals surface area (Å²) in [6.45, 7) is 7.84. The summed E-state index contributed by atoms with van der Waals surface area (Å²) in [6, 6.07) is 6.24. The molecule has 28 heavy (non-hydrogen) atoms. The van der Waals surface area contributed by atoms with Gasteiger partial charge in [-0.25, -0.2) is 12.7 Å². The van der Waals surface area contributed by atoms with Crippen LogP contribution in [0.2, 0.25) is 0 Å². The second kappa shape index (κ2) is 11.6. The zero-order valence-corrected chi connectivity index (χ0v) is 20.2. The van der Waals surface area contributed by atoms with E-state index >= 15 is 0 Å². The molecule has 0 saturated carbocycles. The van der Waals surface area contributed by atoms with E-state index in [9.17, 15) is 8.42 Å². The fourth-order valence-corrected chi connectivity index (χ4v) is 4.63. The molecule has 0 spiro atoms. The molecule has 0 fully saturated rings. The molecule has 2 rings (SSSR count). The first-order chi connectivity index (χ1) is 12.9. The number of hydrogen-bond donors (Lipinski definition) is 3. The van der Waals surface area contributed by atoms with Crippen LogP contribution in [-0.4, -0.2) is 62.6 Å². The summed E-state index contributed by atoms with van der Waals surface area (Å²) in [6.07, 6.45) is 2.90. The van der Waals surface area contributed by atoms with Crippen LogP contribution >= 0.6 is 24.0 Å². The fourth-order valence-electron chi connectivity index (χ4n) is 3.23. The van der Waals surface area contributed by atoms with Crippen molar-refractivity contribution in [3.05, 3.63) is 35.5 Å². The number of nitrogens with one attached hydrogen (secondary N) is 3. The number of sulfonamides is 1. The molecule has 7 nitrogen and oxygen atoms in total. The summed E-state index contributed by atoms with van der Waals surface area (Å²) in [5.74, 6) is 0.665. The van der Waals surface area contributed by atoms with Gasteiger partial charge in [0.15, 0.2) is 5.96 Å². The van der Waals surface area contributed by atoms with E-state index in [2.05, 4.69) is 39.7 Å². The van der Waals surface area contributed by atoms with Crippen LogP contribution in [0.3, 0.4) is 0 Å². The van der Waals surface area contributed by atoms with Gasteiger partial charge in [0.1, 0.15) is 0 Å². The van der Waals surface area contributed by atoms with Gasteiger partial charge in [-0.1, -0.05) is 26.0 Å². The SMILES string of the molecule is CCN(CC)S(=O)(=O)CCNC(=NC)NCCc1c[nH]c2cccc(C)c12.I. The molecule has 1 aromatic heterocycles. The Bertz CT molecular complexity index is 876. The van der Waals surface area contributed by atoms with Gasteiger partial charge in [0.2, 0.25) is 10.0 Å². The molecule has 0 unspecified atom stereocenters. The van der Waals surface area contributed by atoms with Crippen LogP contribution in [0.1, 0.15) is 25.0 Å². The molecule has 0 bridgehead atoms. The highest BCUT2D eigenvalue weighted by atomic mass is 127. The number of nitrogens with zero attached hydrogens (tertiary/aromatic N) is 2. The average molecular weight is 521 g/mol. The molecule has 0 atom stereocenters.